The lowest BCUT2D eigenvalue weighted by Gasteiger charge is -2.29. The molecule has 0 amide bonds. The van der Waals surface area contributed by atoms with E-state index in [9.17, 15) is 4.79 Å². The van der Waals surface area contributed by atoms with Crippen LogP contribution in [0.4, 0.5) is 0 Å². The van der Waals surface area contributed by atoms with Crippen LogP contribution in [0.5, 0.6) is 0 Å². The second-order valence-corrected chi connectivity index (χ2v) is 5.99. The Kier molecular flexibility index (Phi) is 2.09. The minimum absolute atomic E-state index is 0.0559. The molecule has 22 heavy (non-hydrogen) atoms. The fourth-order valence-electron chi connectivity index (χ4n) is 3.95. The molecule has 2 heterocycles. The molecule has 1 aliphatic heterocycles. The van der Waals surface area contributed by atoms with Gasteiger partial charge in [-0.1, -0.05) is 49.0 Å². The van der Waals surface area contributed by atoms with E-state index in [4.69, 9.17) is 0 Å². The van der Waals surface area contributed by atoms with Crippen molar-refractivity contribution >= 4 is 22.4 Å². The monoisotopic (exact) mass is 286 g/mol. The molecule has 0 saturated carbocycles. The molecular weight excluding hydrogens is 272 g/mol. The SMILES string of the molecule is C=C1NC2C(=O)c3ccccc3C2c2c1[nH]c1ccccc21. The van der Waals surface area contributed by atoms with Crippen LogP contribution >= 0.6 is 0 Å². The molecule has 0 fully saturated rings. The van der Waals surface area contributed by atoms with Crippen LogP contribution in [0.2, 0.25) is 0 Å². The van der Waals surface area contributed by atoms with Crippen molar-refractivity contribution in [1.82, 2.24) is 10.3 Å². The maximum atomic E-state index is 12.7. The zero-order valence-electron chi connectivity index (χ0n) is 11.9. The summed E-state index contributed by atoms with van der Waals surface area (Å²) in [6.45, 7) is 4.11. The van der Waals surface area contributed by atoms with Crippen molar-refractivity contribution in [2.24, 2.45) is 0 Å². The number of carbonyl (C=O) groups is 1. The van der Waals surface area contributed by atoms with Crippen LogP contribution in [0.25, 0.3) is 16.6 Å². The van der Waals surface area contributed by atoms with Gasteiger partial charge < -0.3 is 10.3 Å². The topological polar surface area (TPSA) is 44.9 Å². The van der Waals surface area contributed by atoms with Crippen LogP contribution in [-0.4, -0.2) is 16.8 Å². The first-order valence-corrected chi connectivity index (χ1v) is 7.45. The standard InChI is InChI=1S/C19H14N2O/c1-10-17-16(13-8-4-5-9-14(13)21-17)15-11-6-2-3-7-12(11)19(22)18(15)20-10/h2-9,15,18,20-21H,1H2. The summed E-state index contributed by atoms with van der Waals surface area (Å²) in [5.74, 6) is 0.220. The van der Waals surface area contributed by atoms with E-state index in [0.717, 1.165) is 28.0 Å². The molecule has 3 heteroatoms. The first-order valence-electron chi connectivity index (χ1n) is 7.45. The fourth-order valence-corrected chi connectivity index (χ4v) is 3.95. The molecule has 2 N–H and O–H groups in total. The van der Waals surface area contributed by atoms with Gasteiger partial charge in [-0.15, -0.1) is 0 Å². The van der Waals surface area contributed by atoms with Crippen LogP contribution in [0.15, 0.2) is 55.1 Å². The third-order valence-corrected chi connectivity index (χ3v) is 4.87. The summed E-state index contributed by atoms with van der Waals surface area (Å²) < 4.78 is 0. The van der Waals surface area contributed by atoms with Gasteiger partial charge in [0.05, 0.1) is 11.4 Å². The van der Waals surface area contributed by atoms with E-state index in [1.807, 2.05) is 30.3 Å². The van der Waals surface area contributed by atoms with E-state index < -0.39 is 0 Å². The number of fused-ring (bicyclic) bond motifs is 7. The average Bonchev–Trinajstić information content (AvgIpc) is 3.06. The van der Waals surface area contributed by atoms with Gasteiger partial charge in [0, 0.05) is 22.4 Å². The van der Waals surface area contributed by atoms with Gasteiger partial charge in [0.1, 0.15) is 6.04 Å². The molecule has 2 aromatic carbocycles. The van der Waals surface area contributed by atoms with Crippen molar-refractivity contribution in [2.45, 2.75) is 12.0 Å². The molecule has 0 saturated heterocycles. The summed E-state index contributed by atoms with van der Waals surface area (Å²) in [7, 11) is 0. The normalized spacial score (nSPS) is 22.2. The highest BCUT2D eigenvalue weighted by Gasteiger charge is 2.45. The number of H-pyrrole nitrogens is 1. The molecule has 3 nitrogen and oxygen atoms in total. The lowest BCUT2D eigenvalue weighted by Crippen LogP contribution is -2.40. The Bertz CT molecular complexity index is 966. The molecule has 2 atom stereocenters. The zero-order chi connectivity index (χ0) is 14.8. The number of Topliss-reactive ketones (excluding diaryl/α,β-unsaturated/α-hetero) is 1. The number of ketones is 1. The number of carbonyl (C=O) groups excluding carboxylic acids is 1. The molecule has 0 radical (unpaired) electrons. The number of hydrogen-bond donors (Lipinski definition) is 2. The van der Waals surface area contributed by atoms with E-state index in [0.29, 0.717) is 0 Å². The van der Waals surface area contributed by atoms with Gasteiger partial charge >= 0.3 is 0 Å². The summed E-state index contributed by atoms with van der Waals surface area (Å²) in [5, 5.41) is 4.50. The summed E-state index contributed by atoms with van der Waals surface area (Å²) in [6.07, 6.45) is 0. The smallest absolute Gasteiger partial charge is 0.186 e. The number of rotatable bonds is 0. The minimum atomic E-state index is -0.239. The van der Waals surface area contributed by atoms with Crippen molar-refractivity contribution < 1.29 is 4.79 Å². The Morgan fingerprint density at radius 1 is 1.00 bits per heavy atom. The first-order chi connectivity index (χ1) is 10.8. The molecule has 106 valence electrons. The van der Waals surface area contributed by atoms with Gasteiger partial charge in [0.25, 0.3) is 0 Å². The Hall–Kier alpha value is -2.81. The lowest BCUT2D eigenvalue weighted by atomic mass is 9.84. The fraction of sp³-hybridized carbons (Fsp3) is 0.105. The molecule has 0 bridgehead atoms. The van der Waals surface area contributed by atoms with Crippen molar-refractivity contribution in [3.05, 3.63) is 77.5 Å². The van der Waals surface area contributed by atoms with Gasteiger partial charge in [-0.25, -0.2) is 0 Å². The largest absolute Gasteiger partial charge is 0.373 e. The van der Waals surface area contributed by atoms with E-state index >= 15 is 0 Å². The predicted molar refractivity (Wildman–Crippen MR) is 86.9 cm³/mol. The molecular formula is C19H14N2O. The number of benzene rings is 2. The number of aromatic amines is 1. The van der Waals surface area contributed by atoms with Crippen LogP contribution in [-0.2, 0) is 0 Å². The highest BCUT2D eigenvalue weighted by Crippen LogP contribution is 2.46. The lowest BCUT2D eigenvalue weighted by molar-refractivity contribution is 0.0959. The highest BCUT2D eigenvalue weighted by molar-refractivity contribution is 6.09. The Labute approximate surface area is 127 Å². The van der Waals surface area contributed by atoms with Gasteiger partial charge in [-0.2, -0.15) is 0 Å². The Morgan fingerprint density at radius 2 is 1.77 bits per heavy atom. The van der Waals surface area contributed by atoms with Crippen LogP contribution in [0.3, 0.4) is 0 Å². The second-order valence-electron chi connectivity index (χ2n) is 5.99. The van der Waals surface area contributed by atoms with Crippen molar-refractivity contribution in [1.29, 1.82) is 0 Å². The third kappa shape index (κ3) is 1.29. The predicted octanol–water partition coefficient (Wildman–Crippen LogP) is 3.44. The van der Waals surface area contributed by atoms with E-state index in [2.05, 4.69) is 35.1 Å². The van der Waals surface area contributed by atoms with Gasteiger partial charge in [-0.05, 0) is 17.2 Å². The van der Waals surface area contributed by atoms with Crippen LogP contribution < -0.4 is 5.32 Å². The van der Waals surface area contributed by atoms with Gasteiger partial charge in [-0.3, -0.25) is 4.79 Å². The maximum Gasteiger partial charge on any atom is 0.186 e. The summed E-state index contributed by atoms with van der Waals surface area (Å²) in [5.41, 5.74) is 6.05. The van der Waals surface area contributed by atoms with E-state index in [1.165, 1.54) is 10.9 Å². The quantitative estimate of drug-likeness (QED) is 0.665. The van der Waals surface area contributed by atoms with E-state index in [-0.39, 0.29) is 17.7 Å². The molecule has 1 aliphatic carbocycles. The molecule has 1 aromatic heterocycles. The molecule has 0 spiro atoms. The molecule has 2 aliphatic rings. The van der Waals surface area contributed by atoms with Crippen LogP contribution in [0.1, 0.15) is 33.1 Å². The van der Waals surface area contributed by atoms with Gasteiger partial charge in [0.15, 0.2) is 5.78 Å². The maximum absolute atomic E-state index is 12.7. The summed E-state index contributed by atoms with van der Waals surface area (Å²) in [6, 6.07) is 15.9. The van der Waals surface area contributed by atoms with Crippen LogP contribution in [0, 0.1) is 0 Å². The Morgan fingerprint density at radius 3 is 2.68 bits per heavy atom. The van der Waals surface area contributed by atoms with Crippen molar-refractivity contribution in [3.8, 4) is 0 Å². The van der Waals surface area contributed by atoms with Gasteiger partial charge in [0.2, 0.25) is 0 Å². The summed E-state index contributed by atoms with van der Waals surface area (Å²) in [4.78, 5) is 16.2. The summed E-state index contributed by atoms with van der Waals surface area (Å²) >= 11 is 0. The minimum Gasteiger partial charge on any atom is -0.373 e. The average molecular weight is 286 g/mol. The second kappa shape index (κ2) is 3.89. The molecule has 3 aromatic rings. The van der Waals surface area contributed by atoms with Crippen molar-refractivity contribution in [2.75, 3.05) is 0 Å². The number of aromatic nitrogens is 1. The number of hydrogen-bond acceptors (Lipinski definition) is 2. The third-order valence-electron chi connectivity index (χ3n) is 4.87. The number of para-hydroxylation sites is 1. The Balaban J connectivity index is 1.88. The molecule has 2 unspecified atom stereocenters. The number of nitrogens with one attached hydrogen (secondary N) is 2. The van der Waals surface area contributed by atoms with Crippen molar-refractivity contribution in [3.63, 3.8) is 0 Å². The first kappa shape index (κ1) is 11.8. The molecule has 5 rings (SSSR count). The highest BCUT2D eigenvalue weighted by atomic mass is 16.1. The zero-order valence-corrected chi connectivity index (χ0v) is 11.9. The van der Waals surface area contributed by atoms with E-state index in [1.54, 1.807) is 0 Å².